The van der Waals surface area contributed by atoms with Crippen molar-refractivity contribution in [3.05, 3.63) is 11.8 Å². The summed E-state index contributed by atoms with van der Waals surface area (Å²) in [5, 5.41) is 7.10. The maximum absolute atomic E-state index is 7.10. The van der Waals surface area contributed by atoms with Crippen molar-refractivity contribution < 1.29 is 0 Å². The average molecular weight is 112 g/mol. The molecule has 0 bridgehead atoms. The first-order valence-electron chi connectivity index (χ1n) is 2.68. The highest BCUT2D eigenvalue weighted by Gasteiger charge is 1.91. The topological polar surface area (TPSA) is 49.9 Å². The van der Waals surface area contributed by atoms with Gasteiger partial charge in [0.15, 0.2) is 0 Å². The molecule has 0 unspecified atom stereocenters. The van der Waals surface area contributed by atoms with Gasteiger partial charge < -0.3 is 11.1 Å². The molecule has 0 spiro atoms. The van der Waals surface area contributed by atoms with Crippen molar-refractivity contribution in [2.75, 3.05) is 0 Å². The van der Waals surface area contributed by atoms with Gasteiger partial charge in [0, 0.05) is 5.71 Å². The van der Waals surface area contributed by atoms with Crippen LogP contribution in [-0.2, 0) is 0 Å². The molecule has 0 aromatic heterocycles. The third-order valence-electron chi connectivity index (χ3n) is 1.06. The van der Waals surface area contributed by atoms with Gasteiger partial charge in [-0.2, -0.15) is 0 Å². The number of hydrogen-bond acceptors (Lipinski definition) is 2. The zero-order valence-electron chi connectivity index (χ0n) is 5.36. The molecule has 0 radical (unpaired) electrons. The summed E-state index contributed by atoms with van der Waals surface area (Å²) >= 11 is 0. The van der Waals surface area contributed by atoms with Crippen LogP contribution in [0.1, 0.15) is 20.3 Å². The molecular formula is C6H12N2. The second kappa shape index (κ2) is 3.24. The van der Waals surface area contributed by atoms with Crippen molar-refractivity contribution in [3.63, 3.8) is 0 Å². The Balaban J connectivity index is 3.92. The van der Waals surface area contributed by atoms with E-state index < -0.39 is 0 Å². The van der Waals surface area contributed by atoms with Crippen LogP contribution in [0.5, 0.6) is 0 Å². The van der Waals surface area contributed by atoms with E-state index in [4.69, 9.17) is 11.1 Å². The molecule has 0 amide bonds. The summed E-state index contributed by atoms with van der Waals surface area (Å²) in [7, 11) is 0. The molecule has 0 heterocycles. The fraction of sp³-hybridized carbons (Fsp3) is 0.500. The van der Waals surface area contributed by atoms with Crippen LogP contribution in [0.2, 0.25) is 0 Å². The van der Waals surface area contributed by atoms with Crippen molar-refractivity contribution >= 4 is 5.71 Å². The second-order valence-corrected chi connectivity index (χ2v) is 1.67. The third kappa shape index (κ3) is 1.78. The van der Waals surface area contributed by atoms with E-state index in [1.165, 1.54) is 6.20 Å². The Hall–Kier alpha value is -0.790. The van der Waals surface area contributed by atoms with E-state index in [1.807, 2.05) is 6.92 Å². The molecule has 0 aliphatic rings. The second-order valence-electron chi connectivity index (χ2n) is 1.67. The summed E-state index contributed by atoms with van der Waals surface area (Å²) in [4.78, 5) is 0. The minimum absolute atomic E-state index is 0.565. The molecule has 0 fully saturated rings. The first kappa shape index (κ1) is 7.21. The number of nitrogens with one attached hydrogen (secondary N) is 1. The normalized spacial score (nSPS) is 11.5. The Morgan fingerprint density at radius 1 is 1.75 bits per heavy atom. The van der Waals surface area contributed by atoms with E-state index in [1.54, 1.807) is 6.92 Å². The quantitative estimate of drug-likeness (QED) is 0.519. The van der Waals surface area contributed by atoms with E-state index in [0.717, 1.165) is 12.0 Å². The van der Waals surface area contributed by atoms with Gasteiger partial charge in [-0.3, -0.25) is 0 Å². The maximum Gasteiger partial charge on any atom is 0.0329 e. The highest BCUT2D eigenvalue weighted by Crippen LogP contribution is 1.97. The lowest BCUT2D eigenvalue weighted by molar-refractivity contribution is 1.14. The Morgan fingerprint density at radius 3 is 2.25 bits per heavy atom. The van der Waals surface area contributed by atoms with Crippen molar-refractivity contribution in [1.29, 1.82) is 5.41 Å². The van der Waals surface area contributed by atoms with Crippen LogP contribution in [0.4, 0.5) is 0 Å². The molecule has 0 rings (SSSR count). The van der Waals surface area contributed by atoms with E-state index >= 15 is 0 Å². The van der Waals surface area contributed by atoms with Gasteiger partial charge in [0.25, 0.3) is 0 Å². The number of nitrogens with two attached hydrogens (primary N) is 1. The molecule has 2 nitrogen and oxygen atoms in total. The maximum atomic E-state index is 7.10. The van der Waals surface area contributed by atoms with Gasteiger partial charge in [0.1, 0.15) is 0 Å². The van der Waals surface area contributed by atoms with Crippen molar-refractivity contribution in [2.24, 2.45) is 5.73 Å². The molecule has 8 heavy (non-hydrogen) atoms. The van der Waals surface area contributed by atoms with Gasteiger partial charge in [-0.25, -0.2) is 0 Å². The third-order valence-corrected chi connectivity index (χ3v) is 1.06. The Bertz CT molecular complexity index is 114. The van der Waals surface area contributed by atoms with Gasteiger partial charge in [-0.05, 0) is 25.1 Å². The van der Waals surface area contributed by atoms with Gasteiger partial charge in [0.05, 0.1) is 0 Å². The highest BCUT2D eigenvalue weighted by atomic mass is 14.5. The standard InChI is InChI=1S/C6H12N2/c1-3-6(4-7)5(2)8/h4,8H,3,7H2,1-2H3/b6-4+,8-5?. The summed E-state index contributed by atoms with van der Waals surface area (Å²) in [6.07, 6.45) is 2.34. The molecule has 0 atom stereocenters. The molecule has 0 aromatic carbocycles. The Morgan fingerprint density at radius 2 is 2.25 bits per heavy atom. The predicted molar refractivity (Wildman–Crippen MR) is 36.0 cm³/mol. The largest absolute Gasteiger partial charge is 0.404 e. The smallest absolute Gasteiger partial charge is 0.0329 e. The molecule has 2 heteroatoms. The lowest BCUT2D eigenvalue weighted by Crippen LogP contribution is -1.96. The minimum atomic E-state index is 0.565. The van der Waals surface area contributed by atoms with E-state index in [0.29, 0.717) is 5.71 Å². The van der Waals surface area contributed by atoms with Gasteiger partial charge in [-0.1, -0.05) is 6.92 Å². The van der Waals surface area contributed by atoms with Gasteiger partial charge >= 0.3 is 0 Å². The van der Waals surface area contributed by atoms with Crippen LogP contribution >= 0.6 is 0 Å². The molecule has 0 aromatic rings. The molecular weight excluding hydrogens is 100 g/mol. The van der Waals surface area contributed by atoms with Crippen molar-refractivity contribution in [2.45, 2.75) is 20.3 Å². The summed E-state index contributed by atoms with van der Waals surface area (Å²) in [5.74, 6) is 0. The van der Waals surface area contributed by atoms with Crippen molar-refractivity contribution in [1.82, 2.24) is 0 Å². The fourth-order valence-electron chi connectivity index (χ4n) is 0.508. The number of hydrogen-bond donors (Lipinski definition) is 2. The molecule has 0 aliphatic heterocycles. The average Bonchev–Trinajstić information content (AvgIpc) is 1.69. The lowest BCUT2D eigenvalue weighted by atomic mass is 10.1. The van der Waals surface area contributed by atoms with Crippen LogP contribution in [0.25, 0.3) is 0 Å². The summed E-state index contributed by atoms with van der Waals surface area (Å²) < 4.78 is 0. The van der Waals surface area contributed by atoms with Crippen LogP contribution < -0.4 is 5.73 Å². The molecule has 0 aliphatic carbocycles. The van der Waals surface area contributed by atoms with E-state index in [-0.39, 0.29) is 0 Å². The minimum Gasteiger partial charge on any atom is -0.404 e. The Labute approximate surface area is 49.9 Å². The first-order valence-corrected chi connectivity index (χ1v) is 2.68. The zero-order valence-corrected chi connectivity index (χ0v) is 5.36. The summed E-state index contributed by atoms with van der Waals surface area (Å²) in [6.45, 7) is 3.72. The SMILES string of the molecule is CC/C(=C\N)C(C)=N. The Kier molecular flexibility index (Phi) is 2.92. The van der Waals surface area contributed by atoms with E-state index in [9.17, 15) is 0 Å². The fourth-order valence-corrected chi connectivity index (χ4v) is 0.508. The van der Waals surface area contributed by atoms with E-state index in [2.05, 4.69) is 0 Å². The van der Waals surface area contributed by atoms with Crippen molar-refractivity contribution in [3.8, 4) is 0 Å². The highest BCUT2D eigenvalue weighted by molar-refractivity contribution is 5.95. The predicted octanol–water partition coefficient (Wildman–Crippen LogP) is 1.28. The van der Waals surface area contributed by atoms with Gasteiger partial charge in [0.2, 0.25) is 0 Å². The van der Waals surface area contributed by atoms with Crippen LogP contribution in [0, 0.1) is 5.41 Å². The first-order chi connectivity index (χ1) is 3.72. The lowest BCUT2D eigenvalue weighted by Gasteiger charge is -1.96. The molecule has 0 saturated heterocycles. The number of allylic oxidation sites excluding steroid dienone is 1. The monoisotopic (exact) mass is 112 g/mol. The van der Waals surface area contributed by atoms with Gasteiger partial charge in [-0.15, -0.1) is 0 Å². The summed E-state index contributed by atoms with van der Waals surface area (Å²) in [5.41, 5.74) is 6.67. The van der Waals surface area contributed by atoms with Crippen LogP contribution in [0.3, 0.4) is 0 Å². The van der Waals surface area contributed by atoms with Crippen LogP contribution in [-0.4, -0.2) is 5.71 Å². The summed E-state index contributed by atoms with van der Waals surface area (Å²) in [6, 6.07) is 0. The molecule has 3 N–H and O–H groups in total. The molecule has 0 saturated carbocycles. The van der Waals surface area contributed by atoms with Crippen LogP contribution in [0.15, 0.2) is 11.8 Å². The number of rotatable bonds is 2. The zero-order chi connectivity index (χ0) is 6.57. The molecule has 46 valence electrons.